The number of halogens is 1. The fourth-order valence-corrected chi connectivity index (χ4v) is 2.17. The predicted octanol–water partition coefficient (Wildman–Crippen LogP) is 2.26. The Hall–Kier alpha value is -1.26. The summed E-state index contributed by atoms with van der Waals surface area (Å²) in [4.78, 5) is 13.3. The van der Waals surface area contributed by atoms with E-state index in [1.165, 1.54) is 0 Å². The summed E-state index contributed by atoms with van der Waals surface area (Å²) in [7, 11) is 0. The van der Waals surface area contributed by atoms with Gasteiger partial charge < -0.3 is 10.5 Å². The van der Waals surface area contributed by atoms with Gasteiger partial charge in [-0.15, -0.1) is 0 Å². The Morgan fingerprint density at radius 3 is 2.94 bits per heavy atom. The Labute approximate surface area is 105 Å². The van der Waals surface area contributed by atoms with Crippen LogP contribution in [0.25, 0.3) is 0 Å². The highest BCUT2D eigenvalue weighted by molar-refractivity contribution is 6.33. The van der Waals surface area contributed by atoms with E-state index in [-0.39, 0.29) is 12.0 Å². The molecule has 2 N–H and O–H groups in total. The highest BCUT2D eigenvalue weighted by Gasteiger charge is 2.28. The number of benzene rings is 1. The molecule has 1 fully saturated rings. The summed E-state index contributed by atoms with van der Waals surface area (Å²) in [6.45, 7) is 1.65. The Morgan fingerprint density at radius 1 is 1.47 bits per heavy atom. The molecule has 5 heteroatoms. The summed E-state index contributed by atoms with van der Waals surface area (Å²) in [5.41, 5.74) is 6.22. The number of anilines is 1. The van der Waals surface area contributed by atoms with Gasteiger partial charge in [-0.3, -0.25) is 4.90 Å². The van der Waals surface area contributed by atoms with Gasteiger partial charge in [0.05, 0.1) is 17.3 Å². The van der Waals surface area contributed by atoms with Crippen molar-refractivity contribution in [2.75, 3.05) is 24.6 Å². The summed E-state index contributed by atoms with van der Waals surface area (Å²) in [6, 6.07) is 7.25. The van der Waals surface area contributed by atoms with E-state index in [4.69, 9.17) is 22.1 Å². The number of hydrogen-bond donors (Lipinski definition) is 1. The first kappa shape index (κ1) is 12.2. The lowest BCUT2D eigenvalue weighted by molar-refractivity contribution is 0.113. The molecule has 2 rings (SSSR count). The number of amides is 1. The van der Waals surface area contributed by atoms with Gasteiger partial charge in [-0.2, -0.15) is 0 Å². The first-order chi connectivity index (χ1) is 8.22. The van der Waals surface area contributed by atoms with Crippen molar-refractivity contribution in [2.24, 2.45) is 11.7 Å². The van der Waals surface area contributed by atoms with Gasteiger partial charge >= 0.3 is 6.09 Å². The minimum atomic E-state index is -0.341. The summed E-state index contributed by atoms with van der Waals surface area (Å²) >= 11 is 6.07. The summed E-state index contributed by atoms with van der Waals surface area (Å²) < 4.78 is 5.14. The number of nitrogens with zero attached hydrogens (tertiary/aromatic N) is 1. The number of nitrogens with two attached hydrogens (primary N) is 1. The number of ether oxygens (including phenoxy) is 1. The molecule has 1 aliphatic rings. The third kappa shape index (κ3) is 2.70. The zero-order valence-corrected chi connectivity index (χ0v) is 10.2. The van der Waals surface area contributed by atoms with Crippen LogP contribution < -0.4 is 10.6 Å². The summed E-state index contributed by atoms with van der Waals surface area (Å²) in [6.07, 6.45) is 0.500. The van der Waals surface area contributed by atoms with Gasteiger partial charge in [0.25, 0.3) is 0 Å². The Kier molecular flexibility index (Phi) is 3.86. The topological polar surface area (TPSA) is 55.6 Å². The maximum atomic E-state index is 11.7. The van der Waals surface area contributed by atoms with Crippen molar-refractivity contribution in [3.63, 3.8) is 0 Å². The van der Waals surface area contributed by atoms with Gasteiger partial charge in [0, 0.05) is 12.5 Å². The molecule has 0 bridgehead atoms. The number of para-hydroxylation sites is 1. The lowest BCUT2D eigenvalue weighted by atomic mass is 10.0. The third-order valence-corrected chi connectivity index (χ3v) is 3.14. The molecule has 1 unspecified atom stereocenters. The normalized spacial score (nSPS) is 20.2. The van der Waals surface area contributed by atoms with Gasteiger partial charge in [-0.1, -0.05) is 23.7 Å². The lowest BCUT2D eigenvalue weighted by Crippen LogP contribution is -2.43. The number of cyclic esters (lactones) is 1. The highest BCUT2D eigenvalue weighted by atomic mass is 35.5. The Bertz CT molecular complexity index is 411. The van der Waals surface area contributed by atoms with Crippen molar-refractivity contribution in [3.05, 3.63) is 29.3 Å². The molecular weight excluding hydrogens is 240 g/mol. The zero-order chi connectivity index (χ0) is 12.3. The van der Waals surface area contributed by atoms with E-state index in [2.05, 4.69) is 0 Å². The first-order valence-electron chi connectivity index (χ1n) is 5.61. The average Bonchev–Trinajstić information content (AvgIpc) is 2.33. The first-order valence-corrected chi connectivity index (χ1v) is 5.99. The minimum Gasteiger partial charge on any atom is -0.449 e. The molecule has 17 heavy (non-hydrogen) atoms. The van der Waals surface area contributed by atoms with Crippen LogP contribution in [0.1, 0.15) is 6.42 Å². The molecule has 1 aromatic rings. The van der Waals surface area contributed by atoms with E-state index in [1.54, 1.807) is 11.0 Å². The minimum absolute atomic E-state index is 0.272. The van der Waals surface area contributed by atoms with Gasteiger partial charge in [-0.25, -0.2) is 4.79 Å². The Balaban J connectivity index is 2.18. The van der Waals surface area contributed by atoms with Crippen molar-refractivity contribution >= 4 is 23.4 Å². The average molecular weight is 255 g/mol. The van der Waals surface area contributed by atoms with Crippen LogP contribution >= 0.6 is 11.6 Å². The quantitative estimate of drug-likeness (QED) is 0.900. The van der Waals surface area contributed by atoms with Crippen LogP contribution in [0.2, 0.25) is 5.02 Å². The standard InChI is InChI=1S/C12H15ClN2O2/c13-10-3-1-2-4-11(10)15-7-9(5-6-14)8-17-12(15)16/h1-4,9H,5-8,14H2. The van der Waals surface area contributed by atoms with Crippen LogP contribution in [-0.2, 0) is 4.74 Å². The highest BCUT2D eigenvalue weighted by Crippen LogP contribution is 2.28. The number of rotatable bonds is 3. The SMILES string of the molecule is NCCC1COC(=O)N(c2ccccc2Cl)C1. The van der Waals surface area contributed by atoms with Crippen LogP contribution in [-0.4, -0.2) is 25.8 Å². The fourth-order valence-electron chi connectivity index (χ4n) is 1.93. The Morgan fingerprint density at radius 2 is 2.24 bits per heavy atom. The van der Waals surface area contributed by atoms with Gasteiger partial charge in [0.1, 0.15) is 0 Å². The van der Waals surface area contributed by atoms with E-state index in [1.807, 2.05) is 18.2 Å². The maximum Gasteiger partial charge on any atom is 0.414 e. The van der Waals surface area contributed by atoms with Crippen molar-refractivity contribution in [1.82, 2.24) is 0 Å². The molecule has 0 aliphatic carbocycles. The van der Waals surface area contributed by atoms with Gasteiger partial charge in [0.2, 0.25) is 0 Å². The van der Waals surface area contributed by atoms with Crippen molar-refractivity contribution in [1.29, 1.82) is 0 Å². The molecule has 0 spiro atoms. The number of carbonyl (C=O) groups is 1. The van der Waals surface area contributed by atoms with Crippen LogP contribution in [0.4, 0.5) is 10.5 Å². The molecule has 92 valence electrons. The molecule has 1 amide bonds. The zero-order valence-electron chi connectivity index (χ0n) is 9.43. The lowest BCUT2D eigenvalue weighted by Gasteiger charge is -2.32. The second-order valence-electron chi connectivity index (χ2n) is 4.08. The van der Waals surface area contributed by atoms with Crippen LogP contribution in [0.15, 0.2) is 24.3 Å². The molecule has 0 saturated carbocycles. The molecular formula is C12H15ClN2O2. The fraction of sp³-hybridized carbons (Fsp3) is 0.417. The van der Waals surface area contributed by atoms with Crippen molar-refractivity contribution in [3.8, 4) is 0 Å². The van der Waals surface area contributed by atoms with Crippen molar-refractivity contribution in [2.45, 2.75) is 6.42 Å². The number of hydrogen-bond acceptors (Lipinski definition) is 3. The van der Waals surface area contributed by atoms with E-state index in [0.29, 0.717) is 30.4 Å². The van der Waals surface area contributed by atoms with Crippen LogP contribution in [0.3, 0.4) is 0 Å². The predicted molar refractivity (Wildman–Crippen MR) is 67.3 cm³/mol. The molecule has 4 nitrogen and oxygen atoms in total. The van der Waals surface area contributed by atoms with Crippen molar-refractivity contribution < 1.29 is 9.53 Å². The van der Waals surface area contributed by atoms with E-state index >= 15 is 0 Å². The molecule has 1 aromatic carbocycles. The number of carbonyl (C=O) groups excluding carboxylic acids is 1. The van der Waals surface area contributed by atoms with Crippen LogP contribution in [0, 0.1) is 5.92 Å². The third-order valence-electron chi connectivity index (χ3n) is 2.82. The smallest absolute Gasteiger partial charge is 0.414 e. The molecule has 1 heterocycles. The van der Waals surface area contributed by atoms with E-state index in [0.717, 1.165) is 6.42 Å². The second-order valence-corrected chi connectivity index (χ2v) is 4.49. The van der Waals surface area contributed by atoms with E-state index in [9.17, 15) is 4.79 Å². The second kappa shape index (κ2) is 5.38. The summed E-state index contributed by atoms with van der Waals surface area (Å²) in [5, 5.41) is 0.554. The largest absolute Gasteiger partial charge is 0.449 e. The van der Waals surface area contributed by atoms with Gasteiger partial charge in [-0.05, 0) is 25.1 Å². The molecule has 1 atom stereocenters. The summed E-state index contributed by atoms with van der Waals surface area (Å²) in [5.74, 6) is 0.272. The van der Waals surface area contributed by atoms with Gasteiger partial charge in [0.15, 0.2) is 0 Å². The van der Waals surface area contributed by atoms with E-state index < -0.39 is 0 Å². The monoisotopic (exact) mass is 254 g/mol. The maximum absolute atomic E-state index is 11.7. The molecule has 0 radical (unpaired) electrons. The molecule has 1 aliphatic heterocycles. The molecule has 0 aromatic heterocycles. The molecule has 1 saturated heterocycles. The van der Waals surface area contributed by atoms with Crippen LogP contribution in [0.5, 0.6) is 0 Å².